The van der Waals surface area contributed by atoms with E-state index in [-0.39, 0.29) is 0 Å². The fraction of sp³-hybridized carbons (Fsp3) is 1.00. The highest BCUT2D eigenvalue weighted by Crippen LogP contribution is 2.46. The first-order valence-corrected chi connectivity index (χ1v) is 6.00. The second-order valence-electron chi connectivity index (χ2n) is 4.75. The van der Waals surface area contributed by atoms with Crippen LogP contribution >= 0.6 is 12.6 Å². The van der Waals surface area contributed by atoms with Gasteiger partial charge in [-0.2, -0.15) is 12.6 Å². The predicted octanol–water partition coefficient (Wildman–Crippen LogP) is 3.15. The standard InChI is InChI=1S/C11H22OS/c1-10(2)4-3-7-12-8-11(9-13)5-6-11/h10,13H,3-9H2,1-2H3. The van der Waals surface area contributed by atoms with E-state index in [1.54, 1.807) is 0 Å². The molecule has 0 bridgehead atoms. The number of thiol groups is 1. The molecule has 1 nitrogen and oxygen atoms in total. The molecule has 2 heteroatoms. The van der Waals surface area contributed by atoms with Gasteiger partial charge in [0, 0.05) is 12.0 Å². The van der Waals surface area contributed by atoms with Gasteiger partial charge in [-0.1, -0.05) is 13.8 Å². The minimum atomic E-state index is 0.473. The second kappa shape index (κ2) is 5.26. The number of hydrogen-bond acceptors (Lipinski definition) is 2. The van der Waals surface area contributed by atoms with E-state index in [1.165, 1.54) is 25.7 Å². The van der Waals surface area contributed by atoms with E-state index < -0.39 is 0 Å². The summed E-state index contributed by atoms with van der Waals surface area (Å²) in [5.41, 5.74) is 0.473. The van der Waals surface area contributed by atoms with Crippen molar-refractivity contribution in [3.05, 3.63) is 0 Å². The summed E-state index contributed by atoms with van der Waals surface area (Å²) in [5.74, 6) is 1.81. The maximum atomic E-state index is 5.65. The molecule has 0 aliphatic heterocycles. The Morgan fingerprint density at radius 2 is 2.08 bits per heavy atom. The normalized spacial score (nSPS) is 19.4. The molecule has 1 fully saturated rings. The molecular weight excluding hydrogens is 180 g/mol. The summed E-state index contributed by atoms with van der Waals surface area (Å²) in [4.78, 5) is 0. The van der Waals surface area contributed by atoms with Crippen LogP contribution in [0, 0.1) is 11.3 Å². The predicted molar refractivity (Wildman–Crippen MR) is 60.4 cm³/mol. The molecule has 1 rings (SSSR count). The first-order chi connectivity index (χ1) is 6.18. The lowest BCUT2D eigenvalue weighted by Gasteiger charge is -2.12. The number of hydrogen-bond donors (Lipinski definition) is 1. The van der Waals surface area contributed by atoms with Gasteiger partial charge in [0.2, 0.25) is 0 Å². The molecule has 0 atom stereocenters. The van der Waals surface area contributed by atoms with Crippen molar-refractivity contribution in [2.45, 2.75) is 39.5 Å². The third kappa shape index (κ3) is 4.37. The van der Waals surface area contributed by atoms with Crippen molar-refractivity contribution in [3.63, 3.8) is 0 Å². The molecule has 0 N–H and O–H groups in total. The zero-order chi connectivity index (χ0) is 9.73. The summed E-state index contributed by atoms with van der Waals surface area (Å²) < 4.78 is 5.65. The van der Waals surface area contributed by atoms with Gasteiger partial charge in [-0.15, -0.1) is 0 Å². The molecule has 13 heavy (non-hydrogen) atoms. The molecule has 1 saturated carbocycles. The Morgan fingerprint density at radius 1 is 1.38 bits per heavy atom. The van der Waals surface area contributed by atoms with Crippen LogP contribution in [0.25, 0.3) is 0 Å². The van der Waals surface area contributed by atoms with Gasteiger partial charge in [0.25, 0.3) is 0 Å². The first-order valence-electron chi connectivity index (χ1n) is 5.37. The van der Waals surface area contributed by atoms with Crippen LogP contribution in [0.5, 0.6) is 0 Å². The maximum Gasteiger partial charge on any atom is 0.0530 e. The van der Waals surface area contributed by atoms with E-state index in [0.717, 1.165) is 24.9 Å². The van der Waals surface area contributed by atoms with Crippen LogP contribution in [0.2, 0.25) is 0 Å². The summed E-state index contributed by atoms with van der Waals surface area (Å²) in [7, 11) is 0. The second-order valence-corrected chi connectivity index (χ2v) is 5.06. The molecule has 78 valence electrons. The average molecular weight is 202 g/mol. The van der Waals surface area contributed by atoms with Crippen molar-refractivity contribution in [2.24, 2.45) is 11.3 Å². The van der Waals surface area contributed by atoms with Gasteiger partial charge >= 0.3 is 0 Å². The number of rotatable bonds is 7. The van der Waals surface area contributed by atoms with Crippen LogP contribution in [0.3, 0.4) is 0 Å². The smallest absolute Gasteiger partial charge is 0.0530 e. The molecule has 0 aromatic carbocycles. The third-order valence-electron chi connectivity index (χ3n) is 2.77. The minimum absolute atomic E-state index is 0.473. The fourth-order valence-electron chi connectivity index (χ4n) is 1.41. The van der Waals surface area contributed by atoms with E-state index in [9.17, 15) is 0 Å². The SMILES string of the molecule is CC(C)CCCOCC1(CS)CC1. The molecule has 1 aliphatic rings. The molecule has 0 heterocycles. The Morgan fingerprint density at radius 3 is 2.54 bits per heavy atom. The Labute approximate surface area is 87.7 Å². The molecule has 0 aromatic rings. The van der Waals surface area contributed by atoms with Gasteiger partial charge in [0.05, 0.1) is 6.61 Å². The monoisotopic (exact) mass is 202 g/mol. The highest BCUT2D eigenvalue weighted by molar-refractivity contribution is 7.80. The summed E-state index contributed by atoms with van der Waals surface area (Å²) in [6.07, 6.45) is 5.13. The van der Waals surface area contributed by atoms with E-state index in [1.807, 2.05) is 0 Å². The molecule has 0 spiro atoms. The molecule has 0 saturated heterocycles. The van der Waals surface area contributed by atoms with Gasteiger partial charge in [0.1, 0.15) is 0 Å². The lowest BCUT2D eigenvalue weighted by Crippen LogP contribution is -2.12. The molecule has 0 aromatic heterocycles. The molecular formula is C11H22OS. The zero-order valence-corrected chi connectivity index (χ0v) is 9.78. The van der Waals surface area contributed by atoms with Gasteiger partial charge in [-0.3, -0.25) is 0 Å². The highest BCUT2D eigenvalue weighted by Gasteiger charge is 2.41. The van der Waals surface area contributed by atoms with E-state index >= 15 is 0 Å². The quantitative estimate of drug-likeness (QED) is 0.493. The summed E-state index contributed by atoms with van der Waals surface area (Å²) in [5, 5.41) is 0. The Hall–Kier alpha value is 0.310. The van der Waals surface area contributed by atoms with Gasteiger partial charge in [-0.25, -0.2) is 0 Å². The van der Waals surface area contributed by atoms with Crippen molar-refractivity contribution in [1.82, 2.24) is 0 Å². The highest BCUT2D eigenvalue weighted by atomic mass is 32.1. The van der Waals surface area contributed by atoms with Crippen molar-refractivity contribution in [3.8, 4) is 0 Å². The van der Waals surface area contributed by atoms with E-state index in [0.29, 0.717) is 5.41 Å². The topological polar surface area (TPSA) is 9.23 Å². The maximum absolute atomic E-state index is 5.65. The average Bonchev–Trinajstić information content (AvgIpc) is 2.84. The van der Waals surface area contributed by atoms with Crippen LogP contribution < -0.4 is 0 Å². The molecule has 0 unspecified atom stereocenters. The van der Waals surface area contributed by atoms with E-state index in [2.05, 4.69) is 26.5 Å². The first kappa shape index (κ1) is 11.4. The van der Waals surface area contributed by atoms with E-state index in [4.69, 9.17) is 4.74 Å². The van der Waals surface area contributed by atoms with Crippen molar-refractivity contribution in [1.29, 1.82) is 0 Å². The summed E-state index contributed by atoms with van der Waals surface area (Å²) in [6, 6.07) is 0. The van der Waals surface area contributed by atoms with Gasteiger partial charge in [0.15, 0.2) is 0 Å². The minimum Gasteiger partial charge on any atom is -0.381 e. The Bertz CT molecular complexity index is 141. The zero-order valence-electron chi connectivity index (χ0n) is 8.88. The Kier molecular flexibility index (Phi) is 4.60. The van der Waals surface area contributed by atoms with Gasteiger partial charge in [-0.05, 0) is 37.4 Å². The van der Waals surface area contributed by atoms with Crippen LogP contribution in [0.1, 0.15) is 39.5 Å². The van der Waals surface area contributed by atoms with Crippen LogP contribution in [-0.2, 0) is 4.74 Å². The third-order valence-corrected chi connectivity index (χ3v) is 3.44. The molecule has 1 aliphatic carbocycles. The fourth-order valence-corrected chi connectivity index (χ4v) is 1.81. The van der Waals surface area contributed by atoms with Crippen LogP contribution in [0.15, 0.2) is 0 Å². The van der Waals surface area contributed by atoms with Gasteiger partial charge < -0.3 is 4.74 Å². The lowest BCUT2D eigenvalue weighted by atomic mass is 10.1. The summed E-state index contributed by atoms with van der Waals surface area (Å²) in [6.45, 7) is 6.40. The number of ether oxygens (including phenoxy) is 1. The summed E-state index contributed by atoms with van der Waals surface area (Å²) >= 11 is 4.34. The largest absolute Gasteiger partial charge is 0.381 e. The van der Waals surface area contributed by atoms with Crippen LogP contribution in [-0.4, -0.2) is 19.0 Å². The van der Waals surface area contributed by atoms with Crippen molar-refractivity contribution >= 4 is 12.6 Å². The van der Waals surface area contributed by atoms with Crippen molar-refractivity contribution in [2.75, 3.05) is 19.0 Å². The molecule has 0 amide bonds. The van der Waals surface area contributed by atoms with Crippen LogP contribution in [0.4, 0.5) is 0 Å². The van der Waals surface area contributed by atoms with Crippen molar-refractivity contribution < 1.29 is 4.74 Å². The molecule has 0 radical (unpaired) electrons. The lowest BCUT2D eigenvalue weighted by molar-refractivity contribution is 0.0934. The Balaban J connectivity index is 1.90.